The molecule has 1 heterocycles. The molecule has 1 aromatic rings. The first-order chi connectivity index (χ1) is 16.3. The van der Waals surface area contributed by atoms with Gasteiger partial charge in [-0.1, -0.05) is 43.2 Å². The van der Waals surface area contributed by atoms with Crippen molar-refractivity contribution in [2.24, 2.45) is 5.73 Å². The Labute approximate surface area is 203 Å². The minimum atomic E-state index is -5.08. The smallest absolute Gasteiger partial charge is 0.480 e. The van der Waals surface area contributed by atoms with Crippen molar-refractivity contribution >= 4 is 19.1 Å². The van der Waals surface area contributed by atoms with Crippen LogP contribution in [0.3, 0.4) is 0 Å². The van der Waals surface area contributed by atoms with Gasteiger partial charge in [-0.05, 0) is 37.7 Å². The minimum Gasteiger partial charge on any atom is -0.480 e. The van der Waals surface area contributed by atoms with Crippen LogP contribution in [0.25, 0.3) is 0 Å². The monoisotopic (exact) mass is 505 g/mol. The van der Waals surface area contributed by atoms with E-state index in [0.29, 0.717) is 25.7 Å². The third-order valence-electron chi connectivity index (χ3n) is 5.81. The number of aliphatic carboxylic acids is 2. The summed E-state index contributed by atoms with van der Waals surface area (Å²) >= 11 is 0. The fourth-order valence-corrected chi connectivity index (χ4v) is 3.74. The van der Waals surface area contributed by atoms with Crippen LogP contribution in [0.5, 0.6) is 0 Å². The molecule has 0 radical (unpaired) electrons. The Morgan fingerprint density at radius 1 is 0.886 bits per heavy atom. The van der Waals surface area contributed by atoms with Gasteiger partial charge in [-0.3, -0.25) is 9.69 Å². The Balaban J connectivity index is 0.000000762. The first-order valence-electron chi connectivity index (χ1n) is 11.5. The lowest BCUT2D eigenvalue weighted by molar-refractivity contribution is -0.192. The number of carboxylic acids is 2. The quantitative estimate of drug-likeness (QED) is 0.211. The molecule has 6 N–H and O–H groups in total. The first-order valence-corrected chi connectivity index (χ1v) is 11.5. The van der Waals surface area contributed by atoms with Crippen molar-refractivity contribution in [1.82, 2.24) is 9.80 Å². The molecule has 1 aliphatic heterocycles. The Morgan fingerprint density at radius 2 is 1.40 bits per heavy atom. The molecule has 1 aromatic carbocycles. The summed E-state index contributed by atoms with van der Waals surface area (Å²) in [5.41, 5.74) is 6.24. The lowest BCUT2D eigenvalue weighted by Gasteiger charge is -2.35. The van der Waals surface area contributed by atoms with Gasteiger partial charge in [0.2, 0.25) is 0 Å². The standard InChI is InChI=1S/C20H34BN3O4.C2HF3O2/c22-20(19(25)26,9-4-5-11-21(27)28)10-6-12-23-13-15-24(16-14-23)17-18-7-2-1-3-8-18;3-2(4,5)1(6)7/h1-3,7-8,27-28H,4-6,9-17,22H2,(H,25,26);(H,6,7). The van der Waals surface area contributed by atoms with E-state index < -0.39 is 30.8 Å². The van der Waals surface area contributed by atoms with Crippen LogP contribution in [-0.4, -0.2) is 93.6 Å². The van der Waals surface area contributed by atoms with Crippen molar-refractivity contribution in [3.05, 3.63) is 35.9 Å². The zero-order valence-corrected chi connectivity index (χ0v) is 19.7. The van der Waals surface area contributed by atoms with Gasteiger partial charge in [-0.2, -0.15) is 13.2 Å². The number of hydrogen-bond donors (Lipinski definition) is 5. The predicted molar refractivity (Wildman–Crippen MR) is 124 cm³/mol. The van der Waals surface area contributed by atoms with Crippen molar-refractivity contribution < 1.29 is 43.0 Å². The Kier molecular flexibility index (Phi) is 13.3. The molecule has 1 saturated heterocycles. The number of nitrogens with two attached hydrogens (primary N) is 1. The molecule has 1 aliphatic rings. The van der Waals surface area contributed by atoms with Crippen LogP contribution in [0, 0.1) is 0 Å². The number of alkyl halides is 3. The molecule has 35 heavy (non-hydrogen) atoms. The molecule has 0 saturated carbocycles. The van der Waals surface area contributed by atoms with Gasteiger partial charge in [0.05, 0.1) is 0 Å². The third-order valence-corrected chi connectivity index (χ3v) is 5.81. The van der Waals surface area contributed by atoms with Crippen molar-refractivity contribution in [3.63, 3.8) is 0 Å². The normalized spacial score (nSPS) is 16.6. The van der Waals surface area contributed by atoms with Crippen LogP contribution in [0.4, 0.5) is 13.2 Å². The summed E-state index contributed by atoms with van der Waals surface area (Å²) in [6, 6.07) is 10.5. The Morgan fingerprint density at radius 3 is 1.89 bits per heavy atom. The zero-order chi connectivity index (χ0) is 26.5. The molecule has 9 nitrogen and oxygen atoms in total. The number of carboxylic acid groups (broad SMARTS) is 2. The van der Waals surface area contributed by atoms with Crippen molar-refractivity contribution in [1.29, 1.82) is 0 Å². The van der Waals surface area contributed by atoms with Gasteiger partial charge < -0.3 is 30.9 Å². The molecule has 198 valence electrons. The highest BCUT2D eigenvalue weighted by Crippen LogP contribution is 2.20. The maximum absolute atomic E-state index is 11.6. The van der Waals surface area contributed by atoms with Crippen molar-refractivity contribution in [2.45, 2.75) is 56.7 Å². The first kappa shape index (κ1) is 30.8. The number of halogens is 3. The second-order valence-electron chi connectivity index (χ2n) is 8.70. The fourth-order valence-electron chi connectivity index (χ4n) is 3.74. The van der Waals surface area contributed by atoms with E-state index in [9.17, 15) is 23.1 Å². The average Bonchev–Trinajstić information content (AvgIpc) is 2.78. The molecule has 13 heteroatoms. The molecule has 0 aromatic heterocycles. The van der Waals surface area contributed by atoms with Crippen LogP contribution in [0.2, 0.25) is 6.32 Å². The second-order valence-corrected chi connectivity index (χ2v) is 8.70. The highest BCUT2D eigenvalue weighted by molar-refractivity contribution is 6.40. The van der Waals surface area contributed by atoms with E-state index >= 15 is 0 Å². The summed E-state index contributed by atoms with van der Waals surface area (Å²) < 4.78 is 31.7. The van der Waals surface area contributed by atoms with Crippen molar-refractivity contribution in [2.75, 3.05) is 32.7 Å². The van der Waals surface area contributed by atoms with E-state index in [2.05, 4.69) is 34.1 Å². The number of benzene rings is 1. The van der Waals surface area contributed by atoms with Gasteiger partial charge in [0, 0.05) is 32.7 Å². The van der Waals surface area contributed by atoms with Gasteiger partial charge in [-0.15, -0.1) is 0 Å². The van der Waals surface area contributed by atoms with Gasteiger partial charge >= 0.3 is 25.2 Å². The highest BCUT2D eigenvalue weighted by Gasteiger charge is 2.38. The molecule has 0 spiro atoms. The number of rotatable bonds is 12. The van der Waals surface area contributed by atoms with E-state index in [1.807, 2.05) is 6.07 Å². The van der Waals surface area contributed by atoms with E-state index in [4.69, 9.17) is 25.7 Å². The fraction of sp³-hybridized carbons (Fsp3) is 0.636. The average molecular weight is 505 g/mol. The summed E-state index contributed by atoms with van der Waals surface area (Å²) in [7, 11) is -1.34. The molecular weight excluding hydrogens is 470 g/mol. The number of carbonyl (C=O) groups is 2. The molecule has 1 unspecified atom stereocenters. The SMILES string of the molecule is NC(CCCCB(O)O)(CCCN1CCN(Cc2ccccc2)CC1)C(=O)O.O=C(O)C(F)(F)F. The number of unbranched alkanes of at least 4 members (excludes halogenated alkanes) is 1. The summed E-state index contributed by atoms with van der Waals surface area (Å²) in [5.74, 6) is -3.72. The Bertz CT molecular complexity index is 765. The second kappa shape index (κ2) is 15.0. The largest absolute Gasteiger partial charge is 0.490 e. The third kappa shape index (κ3) is 12.9. The summed E-state index contributed by atoms with van der Waals surface area (Å²) in [5, 5.41) is 34.4. The van der Waals surface area contributed by atoms with Gasteiger partial charge in [-0.25, -0.2) is 4.79 Å². The predicted octanol–water partition coefficient (Wildman–Crippen LogP) is 1.64. The zero-order valence-electron chi connectivity index (χ0n) is 19.7. The summed E-state index contributed by atoms with van der Waals surface area (Å²) in [6.45, 7) is 5.86. The minimum absolute atomic E-state index is 0.253. The van der Waals surface area contributed by atoms with Gasteiger partial charge in [0.1, 0.15) is 5.54 Å². The number of piperazine rings is 1. The van der Waals surface area contributed by atoms with Crippen LogP contribution >= 0.6 is 0 Å². The topological polar surface area (TPSA) is 148 Å². The van der Waals surface area contributed by atoms with Gasteiger partial charge in [0.25, 0.3) is 0 Å². The van der Waals surface area contributed by atoms with Crippen molar-refractivity contribution in [3.8, 4) is 0 Å². The maximum Gasteiger partial charge on any atom is 0.490 e. The van der Waals surface area contributed by atoms with E-state index in [-0.39, 0.29) is 6.32 Å². The molecule has 2 rings (SSSR count). The van der Waals surface area contributed by atoms with E-state index in [0.717, 1.165) is 45.7 Å². The van der Waals surface area contributed by atoms with E-state index in [1.54, 1.807) is 0 Å². The number of hydrogen-bond acceptors (Lipinski definition) is 7. The lowest BCUT2D eigenvalue weighted by Crippen LogP contribution is -2.49. The lowest BCUT2D eigenvalue weighted by atomic mass is 9.81. The molecule has 1 atom stereocenters. The van der Waals surface area contributed by atoms with Crippen LogP contribution in [0.1, 0.15) is 37.7 Å². The molecule has 0 amide bonds. The maximum atomic E-state index is 11.6. The van der Waals surface area contributed by atoms with Crippen LogP contribution in [-0.2, 0) is 16.1 Å². The van der Waals surface area contributed by atoms with Gasteiger partial charge in [0.15, 0.2) is 0 Å². The number of nitrogens with zero attached hydrogens (tertiary/aromatic N) is 2. The molecular formula is C22H35BF3N3O6. The van der Waals surface area contributed by atoms with Crippen LogP contribution in [0.15, 0.2) is 30.3 Å². The molecule has 0 aliphatic carbocycles. The molecule has 1 fully saturated rings. The van der Waals surface area contributed by atoms with Crippen LogP contribution < -0.4 is 5.73 Å². The highest BCUT2D eigenvalue weighted by atomic mass is 19.4. The van der Waals surface area contributed by atoms with E-state index in [1.165, 1.54) is 5.56 Å². The summed E-state index contributed by atoms with van der Waals surface area (Å²) in [4.78, 5) is 25.3. The molecule has 0 bridgehead atoms. The summed E-state index contributed by atoms with van der Waals surface area (Å²) in [6.07, 6.45) is -2.13. The Hall–Kier alpha value is -2.19.